The van der Waals surface area contributed by atoms with Gasteiger partial charge in [-0.1, -0.05) is 0 Å². The summed E-state index contributed by atoms with van der Waals surface area (Å²) in [6, 6.07) is 0. The molecule has 1 atom stereocenters. The highest BCUT2D eigenvalue weighted by Crippen LogP contribution is 2.34. The maximum Gasteiger partial charge on any atom is 0.293 e. The summed E-state index contributed by atoms with van der Waals surface area (Å²) in [5.74, 6) is 1.56. The highest BCUT2D eigenvalue weighted by molar-refractivity contribution is 7.07. The number of hydrogen-bond acceptors (Lipinski definition) is 4. The molecule has 0 aromatic carbocycles. The first kappa shape index (κ1) is 7.98. The molecule has 0 amide bonds. The van der Waals surface area contributed by atoms with Gasteiger partial charge in [0.05, 0.1) is 0 Å². The summed E-state index contributed by atoms with van der Waals surface area (Å²) in [6.45, 7) is 3.99. The Morgan fingerprint density at radius 2 is 2.33 bits per heavy atom. The standard InChI is InChI=1S/C8H12N2OS/c1-5(7-3-4-7)11-8-9-6(2)10-12-8/h5,7H,3-4H2,1-2H3. The molecule has 1 heterocycles. The zero-order valence-corrected chi connectivity index (χ0v) is 8.10. The van der Waals surface area contributed by atoms with E-state index < -0.39 is 0 Å². The summed E-state index contributed by atoms with van der Waals surface area (Å²) in [6.07, 6.45) is 2.93. The van der Waals surface area contributed by atoms with Gasteiger partial charge in [-0.05, 0) is 32.6 Å². The maximum atomic E-state index is 5.60. The van der Waals surface area contributed by atoms with E-state index >= 15 is 0 Å². The van der Waals surface area contributed by atoms with E-state index in [0.29, 0.717) is 11.3 Å². The smallest absolute Gasteiger partial charge is 0.293 e. The van der Waals surface area contributed by atoms with Crippen molar-refractivity contribution in [1.29, 1.82) is 0 Å². The van der Waals surface area contributed by atoms with Crippen LogP contribution >= 0.6 is 11.5 Å². The molecule has 0 N–H and O–H groups in total. The van der Waals surface area contributed by atoms with Crippen LogP contribution in [-0.2, 0) is 0 Å². The molecule has 4 heteroatoms. The Kier molecular flexibility index (Phi) is 2.00. The van der Waals surface area contributed by atoms with Crippen LogP contribution in [0, 0.1) is 12.8 Å². The fourth-order valence-electron chi connectivity index (χ4n) is 1.15. The van der Waals surface area contributed by atoms with Crippen molar-refractivity contribution in [2.24, 2.45) is 5.92 Å². The SMILES string of the molecule is Cc1nsc(OC(C)C2CC2)n1. The van der Waals surface area contributed by atoms with Crippen LogP contribution in [0.1, 0.15) is 25.6 Å². The van der Waals surface area contributed by atoms with Crippen molar-refractivity contribution in [2.75, 3.05) is 0 Å². The highest BCUT2D eigenvalue weighted by atomic mass is 32.1. The van der Waals surface area contributed by atoms with Crippen LogP contribution < -0.4 is 4.74 Å². The second-order valence-corrected chi connectivity index (χ2v) is 3.98. The summed E-state index contributed by atoms with van der Waals surface area (Å²) >= 11 is 1.34. The van der Waals surface area contributed by atoms with Gasteiger partial charge in [0, 0.05) is 11.5 Å². The Labute approximate surface area is 75.9 Å². The van der Waals surface area contributed by atoms with E-state index in [4.69, 9.17) is 4.74 Å². The van der Waals surface area contributed by atoms with Crippen molar-refractivity contribution in [3.63, 3.8) is 0 Å². The van der Waals surface area contributed by atoms with E-state index in [1.54, 1.807) is 0 Å². The van der Waals surface area contributed by atoms with E-state index in [1.165, 1.54) is 24.4 Å². The van der Waals surface area contributed by atoms with Gasteiger partial charge < -0.3 is 4.74 Å². The van der Waals surface area contributed by atoms with Gasteiger partial charge in [-0.2, -0.15) is 9.36 Å². The molecular formula is C8H12N2OS. The van der Waals surface area contributed by atoms with E-state index in [1.807, 2.05) is 6.92 Å². The molecule has 0 spiro atoms. The van der Waals surface area contributed by atoms with Crippen molar-refractivity contribution in [2.45, 2.75) is 32.8 Å². The molecule has 0 bridgehead atoms. The minimum atomic E-state index is 0.317. The molecule has 0 saturated heterocycles. The number of hydrogen-bond donors (Lipinski definition) is 0. The molecule has 1 unspecified atom stereocenters. The fraction of sp³-hybridized carbons (Fsp3) is 0.750. The molecule has 66 valence electrons. The molecule has 2 rings (SSSR count). The van der Waals surface area contributed by atoms with Crippen LogP contribution in [0.4, 0.5) is 0 Å². The third-order valence-corrected chi connectivity index (χ3v) is 2.78. The predicted octanol–water partition coefficient (Wildman–Crippen LogP) is 2.02. The largest absolute Gasteiger partial charge is 0.466 e. The fourth-order valence-corrected chi connectivity index (χ4v) is 1.77. The van der Waals surface area contributed by atoms with Gasteiger partial charge in [0.1, 0.15) is 11.9 Å². The van der Waals surface area contributed by atoms with Gasteiger partial charge >= 0.3 is 0 Å². The molecule has 1 saturated carbocycles. The summed E-state index contributed by atoms with van der Waals surface area (Å²) in [7, 11) is 0. The number of rotatable bonds is 3. The van der Waals surface area contributed by atoms with Crippen molar-refractivity contribution >= 4 is 11.5 Å². The van der Waals surface area contributed by atoms with Crippen LogP contribution in [0.25, 0.3) is 0 Å². The third-order valence-electron chi connectivity index (χ3n) is 2.08. The average Bonchev–Trinajstić information content (AvgIpc) is 2.78. The molecule has 1 fully saturated rings. The van der Waals surface area contributed by atoms with Gasteiger partial charge in [-0.15, -0.1) is 0 Å². The summed E-state index contributed by atoms with van der Waals surface area (Å²) in [5.41, 5.74) is 0. The van der Waals surface area contributed by atoms with Crippen LogP contribution in [0.3, 0.4) is 0 Å². The number of ether oxygens (including phenoxy) is 1. The molecule has 12 heavy (non-hydrogen) atoms. The van der Waals surface area contributed by atoms with Gasteiger partial charge in [0.25, 0.3) is 5.19 Å². The van der Waals surface area contributed by atoms with Crippen LogP contribution in [0.2, 0.25) is 0 Å². The molecular weight excluding hydrogens is 172 g/mol. The minimum absolute atomic E-state index is 0.317. The third kappa shape index (κ3) is 1.75. The first-order valence-electron chi connectivity index (χ1n) is 4.22. The first-order chi connectivity index (χ1) is 5.75. The van der Waals surface area contributed by atoms with Crippen molar-refractivity contribution in [3.05, 3.63) is 5.82 Å². The lowest BCUT2D eigenvalue weighted by molar-refractivity contribution is 0.197. The van der Waals surface area contributed by atoms with Crippen LogP contribution in [0.15, 0.2) is 0 Å². The summed E-state index contributed by atoms with van der Waals surface area (Å²) < 4.78 is 9.66. The summed E-state index contributed by atoms with van der Waals surface area (Å²) in [5, 5.41) is 0.715. The summed E-state index contributed by atoms with van der Waals surface area (Å²) in [4.78, 5) is 4.15. The Balaban J connectivity index is 1.93. The molecule has 1 aliphatic rings. The minimum Gasteiger partial charge on any atom is -0.466 e. The van der Waals surface area contributed by atoms with E-state index in [0.717, 1.165) is 11.7 Å². The Morgan fingerprint density at radius 3 is 2.83 bits per heavy atom. The second kappa shape index (κ2) is 3.01. The molecule has 1 aromatic heterocycles. The Hall–Kier alpha value is -0.640. The van der Waals surface area contributed by atoms with Crippen LogP contribution in [-0.4, -0.2) is 15.5 Å². The second-order valence-electron chi connectivity index (χ2n) is 3.27. The first-order valence-corrected chi connectivity index (χ1v) is 5.00. The lowest BCUT2D eigenvalue weighted by atomic mass is 10.3. The van der Waals surface area contributed by atoms with Gasteiger partial charge in [-0.3, -0.25) is 0 Å². The number of nitrogens with zero attached hydrogens (tertiary/aromatic N) is 2. The number of aromatic nitrogens is 2. The monoisotopic (exact) mass is 184 g/mol. The molecule has 3 nitrogen and oxygen atoms in total. The maximum absolute atomic E-state index is 5.60. The molecule has 0 radical (unpaired) electrons. The zero-order valence-electron chi connectivity index (χ0n) is 7.28. The van der Waals surface area contributed by atoms with E-state index in [-0.39, 0.29) is 0 Å². The topological polar surface area (TPSA) is 35.0 Å². The zero-order chi connectivity index (χ0) is 8.55. The predicted molar refractivity (Wildman–Crippen MR) is 47.5 cm³/mol. The quantitative estimate of drug-likeness (QED) is 0.721. The normalized spacial score (nSPS) is 19.2. The van der Waals surface area contributed by atoms with Gasteiger partial charge in [0.2, 0.25) is 0 Å². The molecule has 1 aromatic rings. The Morgan fingerprint density at radius 1 is 1.58 bits per heavy atom. The van der Waals surface area contributed by atoms with Crippen molar-refractivity contribution < 1.29 is 4.74 Å². The lowest BCUT2D eigenvalue weighted by Gasteiger charge is -2.09. The number of aryl methyl sites for hydroxylation is 1. The highest BCUT2D eigenvalue weighted by Gasteiger charge is 2.30. The lowest BCUT2D eigenvalue weighted by Crippen LogP contribution is -2.13. The molecule has 1 aliphatic carbocycles. The van der Waals surface area contributed by atoms with Gasteiger partial charge in [-0.25, -0.2) is 0 Å². The van der Waals surface area contributed by atoms with E-state index in [2.05, 4.69) is 16.3 Å². The van der Waals surface area contributed by atoms with Crippen LogP contribution in [0.5, 0.6) is 5.19 Å². The average molecular weight is 184 g/mol. The molecule has 0 aliphatic heterocycles. The van der Waals surface area contributed by atoms with Gasteiger partial charge in [0.15, 0.2) is 0 Å². The van der Waals surface area contributed by atoms with E-state index in [9.17, 15) is 0 Å². The van der Waals surface area contributed by atoms with Crippen molar-refractivity contribution in [1.82, 2.24) is 9.36 Å². The van der Waals surface area contributed by atoms with Crippen molar-refractivity contribution in [3.8, 4) is 5.19 Å². The Bertz CT molecular complexity index is 270.